The van der Waals surface area contributed by atoms with Gasteiger partial charge in [-0.1, -0.05) is 11.3 Å². The SMILES string of the molecule is CCn1c(=O)sc2cc(NS(=O)(=O)c3ccc(SC)c(NC(C)=O)c3)ccc21. The summed E-state index contributed by atoms with van der Waals surface area (Å²) in [6.45, 7) is 3.80. The molecular formula is C18H19N3O4S3. The van der Waals surface area contributed by atoms with Crippen LogP contribution in [0.4, 0.5) is 11.4 Å². The number of amides is 1. The molecule has 3 rings (SSSR count). The third kappa shape index (κ3) is 4.08. The number of rotatable bonds is 6. The van der Waals surface area contributed by atoms with Crippen molar-refractivity contribution >= 4 is 60.6 Å². The molecule has 1 heterocycles. The number of carbonyl (C=O) groups is 1. The van der Waals surface area contributed by atoms with Crippen molar-refractivity contribution in [1.29, 1.82) is 0 Å². The third-order valence-electron chi connectivity index (χ3n) is 4.03. The summed E-state index contributed by atoms with van der Waals surface area (Å²) in [6, 6.07) is 9.58. The zero-order valence-corrected chi connectivity index (χ0v) is 17.9. The number of benzene rings is 2. The molecule has 0 aliphatic heterocycles. The number of hydrogen-bond donors (Lipinski definition) is 2. The Bertz CT molecular complexity index is 1210. The topological polar surface area (TPSA) is 97.3 Å². The van der Waals surface area contributed by atoms with E-state index in [9.17, 15) is 18.0 Å². The average molecular weight is 438 g/mol. The first-order valence-electron chi connectivity index (χ1n) is 8.37. The van der Waals surface area contributed by atoms with E-state index in [2.05, 4.69) is 10.0 Å². The maximum absolute atomic E-state index is 12.8. The van der Waals surface area contributed by atoms with Crippen molar-refractivity contribution in [3.63, 3.8) is 0 Å². The van der Waals surface area contributed by atoms with Gasteiger partial charge in [-0.3, -0.25) is 18.9 Å². The number of aryl methyl sites for hydroxylation is 1. The number of carbonyl (C=O) groups excluding carboxylic acids is 1. The second-order valence-electron chi connectivity index (χ2n) is 5.94. The van der Waals surface area contributed by atoms with Gasteiger partial charge in [0.05, 0.1) is 26.5 Å². The maximum atomic E-state index is 12.8. The summed E-state index contributed by atoms with van der Waals surface area (Å²) in [6.07, 6.45) is 1.84. The van der Waals surface area contributed by atoms with Crippen LogP contribution in [0.15, 0.2) is 51.0 Å². The van der Waals surface area contributed by atoms with Crippen molar-refractivity contribution in [1.82, 2.24) is 4.57 Å². The van der Waals surface area contributed by atoms with E-state index in [-0.39, 0.29) is 15.7 Å². The Hall–Kier alpha value is -2.30. The Labute approximate surface area is 170 Å². The number of thiazole rings is 1. The summed E-state index contributed by atoms with van der Waals surface area (Å²) < 4.78 is 30.5. The molecule has 0 fully saturated rings. The molecular weight excluding hydrogens is 418 g/mol. The monoisotopic (exact) mass is 437 g/mol. The first-order chi connectivity index (χ1) is 13.2. The molecule has 0 bridgehead atoms. The fourth-order valence-corrected chi connectivity index (χ4v) is 5.39. The molecule has 148 valence electrons. The average Bonchev–Trinajstić information content (AvgIpc) is 2.94. The van der Waals surface area contributed by atoms with Crippen molar-refractivity contribution in [2.24, 2.45) is 0 Å². The number of anilines is 2. The minimum absolute atomic E-state index is 0.0356. The van der Waals surface area contributed by atoms with Crippen molar-refractivity contribution < 1.29 is 13.2 Å². The van der Waals surface area contributed by atoms with E-state index in [1.165, 1.54) is 30.8 Å². The van der Waals surface area contributed by atoms with Gasteiger partial charge in [0.25, 0.3) is 10.0 Å². The van der Waals surface area contributed by atoms with Gasteiger partial charge in [0.2, 0.25) is 5.91 Å². The Balaban J connectivity index is 1.96. The van der Waals surface area contributed by atoms with E-state index >= 15 is 0 Å². The summed E-state index contributed by atoms with van der Waals surface area (Å²) in [5.74, 6) is -0.279. The molecule has 1 amide bonds. The van der Waals surface area contributed by atoms with Gasteiger partial charge < -0.3 is 5.32 Å². The highest BCUT2D eigenvalue weighted by Crippen LogP contribution is 2.30. The molecule has 0 radical (unpaired) electrons. The van der Waals surface area contributed by atoms with E-state index in [0.29, 0.717) is 22.6 Å². The summed E-state index contributed by atoms with van der Waals surface area (Å²) in [4.78, 5) is 24.1. The molecule has 0 aliphatic carbocycles. The summed E-state index contributed by atoms with van der Waals surface area (Å²) >= 11 is 2.48. The van der Waals surface area contributed by atoms with Gasteiger partial charge in [0, 0.05) is 18.4 Å². The van der Waals surface area contributed by atoms with Gasteiger partial charge in [-0.25, -0.2) is 8.42 Å². The van der Waals surface area contributed by atoms with Crippen LogP contribution < -0.4 is 14.9 Å². The lowest BCUT2D eigenvalue weighted by Gasteiger charge is -2.12. The molecule has 0 atom stereocenters. The van der Waals surface area contributed by atoms with Crippen molar-refractivity contribution in [3.8, 4) is 0 Å². The molecule has 0 spiro atoms. The lowest BCUT2D eigenvalue weighted by Crippen LogP contribution is -2.14. The molecule has 2 N–H and O–H groups in total. The van der Waals surface area contributed by atoms with Crippen LogP contribution in [0.2, 0.25) is 0 Å². The number of sulfonamides is 1. The Morgan fingerprint density at radius 2 is 1.96 bits per heavy atom. The third-order valence-corrected chi connectivity index (χ3v) is 7.15. The first-order valence-corrected chi connectivity index (χ1v) is 11.9. The Morgan fingerprint density at radius 1 is 1.21 bits per heavy atom. The number of thioether (sulfide) groups is 1. The quantitative estimate of drug-likeness (QED) is 0.575. The molecule has 10 heteroatoms. The molecule has 0 aliphatic rings. The lowest BCUT2D eigenvalue weighted by atomic mass is 10.3. The van der Waals surface area contributed by atoms with Crippen LogP contribution >= 0.6 is 23.1 Å². The van der Waals surface area contributed by atoms with Gasteiger partial charge >= 0.3 is 4.87 Å². The van der Waals surface area contributed by atoms with Crippen LogP contribution in [0, 0.1) is 0 Å². The van der Waals surface area contributed by atoms with Crippen LogP contribution in [0.25, 0.3) is 10.2 Å². The largest absolute Gasteiger partial charge is 0.325 e. The number of nitrogens with one attached hydrogen (secondary N) is 2. The predicted molar refractivity (Wildman–Crippen MR) is 115 cm³/mol. The van der Waals surface area contributed by atoms with Gasteiger partial charge in [-0.05, 0) is 49.6 Å². The van der Waals surface area contributed by atoms with Crippen LogP contribution in [0.1, 0.15) is 13.8 Å². The highest BCUT2D eigenvalue weighted by molar-refractivity contribution is 7.98. The number of fused-ring (bicyclic) bond motifs is 1. The Kier molecular flexibility index (Phi) is 5.82. The van der Waals surface area contributed by atoms with Crippen LogP contribution in [-0.2, 0) is 21.4 Å². The minimum Gasteiger partial charge on any atom is -0.325 e. The van der Waals surface area contributed by atoms with E-state index in [1.54, 1.807) is 28.8 Å². The lowest BCUT2D eigenvalue weighted by molar-refractivity contribution is -0.114. The van der Waals surface area contributed by atoms with Crippen molar-refractivity contribution in [2.45, 2.75) is 30.2 Å². The van der Waals surface area contributed by atoms with E-state index in [4.69, 9.17) is 0 Å². The Morgan fingerprint density at radius 3 is 2.61 bits per heavy atom. The highest BCUT2D eigenvalue weighted by atomic mass is 32.2. The van der Waals surface area contributed by atoms with Gasteiger partial charge in [-0.2, -0.15) is 0 Å². The second kappa shape index (κ2) is 7.98. The number of aromatic nitrogens is 1. The van der Waals surface area contributed by atoms with E-state index in [1.807, 2.05) is 13.2 Å². The van der Waals surface area contributed by atoms with Crippen LogP contribution in [0.3, 0.4) is 0 Å². The molecule has 3 aromatic rings. The standard InChI is InChI=1S/C18H19N3O4S3/c1-4-21-15-7-5-12(9-17(15)27-18(21)23)20-28(24,25)13-6-8-16(26-3)14(10-13)19-11(2)22/h5-10,20H,4H2,1-3H3,(H,19,22). The summed E-state index contributed by atoms with van der Waals surface area (Å²) in [5, 5.41) is 2.65. The zero-order valence-electron chi connectivity index (χ0n) is 15.5. The zero-order chi connectivity index (χ0) is 20.5. The summed E-state index contributed by atoms with van der Waals surface area (Å²) in [7, 11) is -3.86. The molecule has 28 heavy (non-hydrogen) atoms. The molecule has 0 saturated heterocycles. The van der Waals surface area contributed by atoms with Gasteiger partial charge in [-0.15, -0.1) is 11.8 Å². The van der Waals surface area contributed by atoms with Gasteiger partial charge in [0.15, 0.2) is 0 Å². The summed E-state index contributed by atoms with van der Waals surface area (Å²) in [5.41, 5.74) is 1.58. The van der Waals surface area contributed by atoms with E-state index < -0.39 is 10.0 Å². The molecule has 0 unspecified atom stereocenters. The predicted octanol–water partition coefficient (Wildman–Crippen LogP) is 3.56. The molecule has 7 nitrogen and oxygen atoms in total. The normalized spacial score (nSPS) is 11.5. The van der Waals surface area contributed by atoms with Crippen LogP contribution in [-0.4, -0.2) is 25.1 Å². The van der Waals surface area contributed by atoms with Crippen molar-refractivity contribution in [3.05, 3.63) is 46.1 Å². The van der Waals surface area contributed by atoms with Crippen LogP contribution in [0.5, 0.6) is 0 Å². The molecule has 0 saturated carbocycles. The first kappa shape index (κ1) is 20.4. The molecule has 2 aromatic carbocycles. The smallest absolute Gasteiger partial charge is 0.308 e. The molecule has 1 aromatic heterocycles. The maximum Gasteiger partial charge on any atom is 0.308 e. The van der Waals surface area contributed by atoms with E-state index in [0.717, 1.165) is 21.7 Å². The fourth-order valence-electron chi connectivity index (χ4n) is 2.78. The fraction of sp³-hybridized carbons (Fsp3) is 0.222. The second-order valence-corrected chi connectivity index (χ2v) is 9.47. The van der Waals surface area contributed by atoms with Crippen molar-refractivity contribution in [2.75, 3.05) is 16.3 Å². The number of nitrogens with zero attached hydrogens (tertiary/aromatic N) is 1. The van der Waals surface area contributed by atoms with Gasteiger partial charge in [0.1, 0.15) is 0 Å². The number of hydrogen-bond acceptors (Lipinski definition) is 6. The minimum atomic E-state index is -3.86. The highest BCUT2D eigenvalue weighted by Gasteiger charge is 2.18.